The van der Waals surface area contributed by atoms with Crippen molar-refractivity contribution in [3.63, 3.8) is 0 Å². The maximum atomic E-state index is 10.3. The number of hydrogen-bond donors (Lipinski definition) is 1. The summed E-state index contributed by atoms with van der Waals surface area (Å²) in [5.74, 6) is 0. The molecule has 4 heteroatoms. The number of hydrogen-bond acceptors (Lipinski definition) is 4. The number of aliphatic hydroxyl groups is 1. The van der Waals surface area contributed by atoms with E-state index in [1.165, 1.54) is 0 Å². The molecule has 0 aliphatic heterocycles. The van der Waals surface area contributed by atoms with Gasteiger partial charge in [-0.25, -0.2) is 0 Å². The van der Waals surface area contributed by atoms with Crippen LogP contribution < -0.4 is 9.80 Å². The van der Waals surface area contributed by atoms with Gasteiger partial charge in [0, 0.05) is 45.1 Å². The van der Waals surface area contributed by atoms with Crippen LogP contribution in [-0.4, -0.2) is 39.6 Å². The molecule has 0 heterocycles. The highest BCUT2D eigenvalue weighted by atomic mass is 16.3. The molecule has 2 aromatic rings. The molecule has 0 radical (unpaired) electrons. The average molecular weight is 300 g/mol. The Kier molecular flexibility index (Phi) is 7.13. The van der Waals surface area contributed by atoms with E-state index in [0.717, 1.165) is 28.8 Å². The zero-order valence-electron chi connectivity index (χ0n) is 13.7. The van der Waals surface area contributed by atoms with Gasteiger partial charge in [-0.1, -0.05) is 12.1 Å². The van der Waals surface area contributed by atoms with E-state index < -0.39 is 0 Å². The summed E-state index contributed by atoms with van der Waals surface area (Å²) in [6.45, 7) is 0.119. The van der Waals surface area contributed by atoms with Crippen LogP contribution in [0.5, 0.6) is 0 Å². The minimum atomic E-state index is 0.119. The third-order valence-electron chi connectivity index (χ3n) is 3.18. The lowest BCUT2D eigenvalue weighted by atomic mass is 10.2. The summed E-state index contributed by atoms with van der Waals surface area (Å²) in [7, 11) is 7.92. The predicted molar refractivity (Wildman–Crippen MR) is 92.8 cm³/mol. The number of aliphatic hydroxyl groups excluding tert-OH is 1. The topological polar surface area (TPSA) is 43.8 Å². The Bertz CT molecular complexity index is 561. The number of nitrogens with zero attached hydrogens (tertiary/aromatic N) is 2. The van der Waals surface area contributed by atoms with Crippen LogP contribution in [0.2, 0.25) is 0 Å². The van der Waals surface area contributed by atoms with Gasteiger partial charge in [-0.2, -0.15) is 0 Å². The van der Waals surface area contributed by atoms with Gasteiger partial charge in [0.2, 0.25) is 0 Å². The van der Waals surface area contributed by atoms with E-state index in [-0.39, 0.29) is 6.61 Å². The Hall–Kier alpha value is -2.33. The zero-order chi connectivity index (χ0) is 16.5. The first-order valence-corrected chi connectivity index (χ1v) is 7.07. The number of benzene rings is 2. The summed E-state index contributed by atoms with van der Waals surface area (Å²) in [5, 5.41) is 8.75. The van der Waals surface area contributed by atoms with Gasteiger partial charge in [0.15, 0.2) is 0 Å². The molecule has 0 bridgehead atoms. The van der Waals surface area contributed by atoms with E-state index in [4.69, 9.17) is 5.11 Å². The summed E-state index contributed by atoms with van der Waals surface area (Å²) in [4.78, 5) is 14.3. The second kappa shape index (κ2) is 8.85. The molecule has 118 valence electrons. The van der Waals surface area contributed by atoms with Crippen LogP contribution in [-0.2, 0) is 6.61 Å². The second-order valence-electron chi connectivity index (χ2n) is 5.32. The predicted octanol–water partition coefficient (Wildman–Crippen LogP) is 2.81. The first-order chi connectivity index (χ1) is 10.5. The summed E-state index contributed by atoms with van der Waals surface area (Å²) in [5.41, 5.74) is 3.93. The molecule has 0 saturated carbocycles. The summed E-state index contributed by atoms with van der Waals surface area (Å²) in [6.07, 6.45) is 0.847. The van der Waals surface area contributed by atoms with Crippen LogP contribution >= 0.6 is 0 Å². The highest BCUT2D eigenvalue weighted by Gasteiger charge is 1.94. The van der Waals surface area contributed by atoms with E-state index >= 15 is 0 Å². The standard InChI is InChI=1S/C9H13NO.C9H11NO/c2*1-10(2)9-5-3-8(7-11)4-6-9/h3-6,11H,7H2,1-2H3;3-7H,1-2H3. The molecule has 0 aliphatic rings. The molecular formula is C18H24N2O2. The molecule has 0 saturated heterocycles. The second-order valence-corrected chi connectivity index (χ2v) is 5.32. The average Bonchev–Trinajstić information content (AvgIpc) is 2.55. The molecule has 0 amide bonds. The van der Waals surface area contributed by atoms with E-state index in [9.17, 15) is 4.79 Å². The Morgan fingerprint density at radius 1 is 0.818 bits per heavy atom. The number of aldehydes is 1. The molecule has 4 nitrogen and oxygen atoms in total. The summed E-state index contributed by atoms with van der Waals surface area (Å²) < 4.78 is 0. The first kappa shape index (κ1) is 17.7. The van der Waals surface area contributed by atoms with Gasteiger partial charge in [-0.3, -0.25) is 4.79 Å². The number of rotatable bonds is 4. The lowest BCUT2D eigenvalue weighted by Gasteiger charge is -2.11. The maximum absolute atomic E-state index is 10.3. The van der Waals surface area contributed by atoms with Gasteiger partial charge in [0.1, 0.15) is 6.29 Å². The van der Waals surface area contributed by atoms with Crippen LogP contribution in [0.1, 0.15) is 15.9 Å². The highest BCUT2D eigenvalue weighted by molar-refractivity contribution is 5.75. The van der Waals surface area contributed by atoms with Crippen molar-refractivity contribution < 1.29 is 9.90 Å². The Balaban J connectivity index is 0.000000220. The first-order valence-electron chi connectivity index (χ1n) is 7.07. The molecule has 0 fully saturated rings. The molecule has 0 atom stereocenters. The van der Waals surface area contributed by atoms with E-state index in [0.29, 0.717) is 0 Å². The van der Waals surface area contributed by atoms with Gasteiger partial charge in [-0.05, 0) is 42.0 Å². The number of carbonyl (C=O) groups excluding carboxylic acids is 1. The van der Waals surface area contributed by atoms with Crippen LogP contribution in [0.25, 0.3) is 0 Å². The largest absolute Gasteiger partial charge is 0.392 e. The lowest BCUT2D eigenvalue weighted by molar-refractivity contribution is 0.112. The fraction of sp³-hybridized carbons (Fsp3) is 0.278. The van der Waals surface area contributed by atoms with E-state index in [1.54, 1.807) is 0 Å². The lowest BCUT2D eigenvalue weighted by Crippen LogP contribution is -2.08. The minimum absolute atomic E-state index is 0.119. The van der Waals surface area contributed by atoms with Gasteiger partial charge in [0.25, 0.3) is 0 Å². The summed E-state index contributed by atoms with van der Waals surface area (Å²) >= 11 is 0. The molecule has 1 N–H and O–H groups in total. The van der Waals surface area contributed by atoms with Gasteiger partial charge in [-0.15, -0.1) is 0 Å². The minimum Gasteiger partial charge on any atom is -0.392 e. The zero-order valence-corrected chi connectivity index (χ0v) is 13.7. The Labute approximate surface area is 132 Å². The van der Waals surface area contributed by atoms with Crippen molar-refractivity contribution >= 4 is 17.7 Å². The smallest absolute Gasteiger partial charge is 0.150 e. The maximum Gasteiger partial charge on any atom is 0.150 e. The normalized spacial score (nSPS) is 9.50. The Morgan fingerprint density at radius 3 is 1.55 bits per heavy atom. The van der Waals surface area contributed by atoms with Crippen LogP contribution in [0, 0.1) is 0 Å². The molecule has 22 heavy (non-hydrogen) atoms. The molecular weight excluding hydrogens is 276 g/mol. The van der Waals surface area contributed by atoms with Crippen molar-refractivity contribution in [2.75, 3.05) is 38.0 Å². The third-order valence-corrected chi connectivity index (χ3v) is 3.18. The van der Waals surface area contributed by atoms with Crippen LogP contribution in [0.15, 0.2) is 48.5 Å². The van der Waals surface area contributed by atoms with Crippen molar-refractivity contribution in [1.29, 1.82) is 0 Å². The van der Waals surface area contributed by atoms with Gasteiger partial charge in [0.05, 0.1) is 6.61 Å². The quantitative estimate of drug-likeness (QED) is 0.882. The van der Waals surface area contributed by atoms with Crippen LogP contribution in [0.4, 0.5) is 11.4 Å². The van der Waals surface area contributed by atoms with Crippen LogP contribution in [0.3, 0.4) is 0 Å². The molecule has 0 aliphatic carbocycles. The van der Waals surface area contributed by atoms with Gasteiger partial charge >= 0.3 is 0 Å². The fourth-order valence-corrected chi connectivity index (χ4v) is 1.75. The van der Waals surface area contributed by atoms with E-state index in [1.807, 2.05) is 86.5 Å². The number of anilines is 2. The third kappa shape index (κ3) is 5.58. The SMILES string of the molecule is CN(C)c1ccc(C=O)cc1.CN(C)c1ccc(CO)cc1. The van der Waals surface area contributed by atoms with Crippen molar-refractivity contribution in [3.8, 4) is 0 Å². The van der Waals surface area contributed by atoms with Crippen molar-refractivity contribution in [2.45, 2.75) is 6.61 Å². The number of carbonyl (C=O) groups is 1. The Morgan fingerprint density at radius 2 is 1.23 bits per heavy atom. The van der Waals surface area contributed by atoms with Crippen molar-refractivity contribution in [1.82, 2.24) is 0 Å². The van der Waals surface area contributed by atoms with Crippen molar-refractivity contribution in [2.24, 2.45) is 0 Å². The molecule has 2 aromatic carbocycles. The summed E-state index contributed by atoms with van der Waals surface area (Å²) in [6, 6.07) is 15.3. The van der Waals surface area contributed by atoms with Gasteiger partial charge < -0.3 is 14.9 Å². The van der Waals surface area contributed by atoms with E-state index in [2.05, 4.69) is 0 Å². The fourth-order valence-electron chi connectivity index (χ4n) is 1.75. The molecule has 0 unspecified atom stereocenters. The molecule has 0 aromatic heterocycles. The molecule has 2 rings (SSSR count). The molecule has 0 spiro atoms. The van der Waals surface area contributed by atoms with Crippen molar-refractivity contribution in [3.05, 3.63) is 59.7 Å². The monoisotopic (exact) mass is 300 g/mol. The highest BCUT2D eigenvalue weighted by Crippen LogP contribution is 2.12.